The summed E-state index contributed by atoms with van der Waals surface area (Å²) in [5, 5.41) is 9.23. The molecule has 0 spiro atoms. The van der Waals surface area contributed by atoms with Gasteiger partial charge in [-0.2, -0.15) is 13.2 Å². The van der Waals surface area contributed by atoms with Gasteiger partial charge in [-0.05, 0) is 62.1 Å². The monoisotopic (exact) mass is 603 g/mol. The Kier molecular flexibility index (Phi) is 9.08. The zero-order chi connectivity index (χ0) is 29.9. The minimum atomic E-state index is -4.50. The molecule has 7 nitrogen and oxygen atoms in total. The molecule has 2 fully saturated rings. The zero-order valence-electron chi connectivity index (χ0n) is 23.4. The van der Waals surface area contributed by atoms with Crippen LogP contribution in [0.4, 0.5) is 28.9 Å². The number of thioether (sulfide) groups is 1. The molecule has 0 saturated carbocycles. The van der Waals surface area contributed by atoms with E-state index in [1.165, 1.54) is 18.6 Å². The number of anilines is 2. The average molecular weight is 604 g/mol. The summed E-state index contributed by atoms with van der Waals surface area (Å²) >= 11 is -0.192. The molecule has 12 heteroatoms. The molecule has 2 bridgehead atoms. The van der Waals surface area contributed by atoms with Crippen LogP contribution in [-0.2, 0) is 0 Å². The van der Waals surface area contributed by atoms with Gasteiger partial charge in [0.15, 0.2) is 0 Å². The second kappa shape index (κ2) is 12.8. The quantitative estimate of drug-likeness (QED) is 0.164. The molecule has 4 heterocycles. The summed E-state index contributed by atoms with van der Waals surface area (Å²) in [4.78, 5) is 14.2. The fourth-order valence-electron chi connectivity index (χ4n) is 6.09. The van der Waals surface area contributed by atoms with Crippen LogP contribution in [0, 0.1) is 11.8 Å². The normalized spacial score (nSPS) is 20.2. The Morgan fingerprint density at radius 1 is 1.14 bits per heavy atom. The third kappa shape index (κ3) is 6.42. The molecule has 1 amide bonds. The smallest absolute Gasteiger partial charge is 0.447 e. The second-order valence-corrected chi connectivity index (χ2v) is 11.3. The van der Waals surface area contributed by atoms with Gasteiger partial charge in [0, 0.05) is 55.2 Å². The Morgan fingerprint density at radius 3 is 2.69 bits per heavy atom. The maximum Gasteiger partial charge on any atom is 0.447 e. The number of aromatic nitrogens is 1. The Balaban J connectivity index is 1.39. The summed E-state index contributed by atoms with van der Waals surface area (Å²) in [7, 11) is 3.02. The molecule has 0 unspecified atom stereocenters. The molecular formula is C30H33F4N5O2S. The van der Waals surface area contributed by atoms with Crippen LogP contribution < -0.4 is 20.7 Å². The molecule has 2 aliphatic heterocycles. The van der Waals surface area contributed by atoms with Gasteiger partial charge in [-0.3, -0.25) is 9.69 Å². The van der Waals surface area contributed by atoms with E-state index in [1.54, 1.807) is 36.5 Å². The number of alkyl halides is 4. The maximum atomic E-state index is 13.6. The molecule has 3 N–H and O–H groups in total. The van der Waals surface area contributed by atoms with Crippen molar-refractivity contribution in [3.05, 3.63) is 53.7 Å². The first-order valence-corrected chi connectivity index (χ1v) is 14.6. The average Bonchev–Trinajstić information content (AvgIpc) is 3.45. The zero-order valence-corrected chi connectivity index (χ0v) is 24.2. The number of pyridine rings is 1. The third-order valence-corrected chi connectivity index (χ3v) is 8.75. The molecule has 2 aliphatic rings. The molecular weight excluding hydrogens is 570 g/mol. The van der Waals surface area contributed by atoms with Crippen LogP contribution in [0.3, 0.4) is 0 Å². The molecule has 5 rings (SSSR count). The summed E-state index contributed by atoms with van der Waals surface area (Å²) in [6, 6.07) is 10.9. The number of benzene rings is 1. The van der Waals surface area contributed by atoms with Gasteiger partial charge in [0.05, 0.1) is 36.1 Å². The number of fused-ring (bicyclic) bond motifs is 3. The highest BCUT2D eigenvalue weighted by atomic mass is 32.2. The first kappa shape index (κ1) is 29.9. The van der Waals surface area contributed by atoms with E-state index < -0.39 is 12.2 Å². The Hall–Kier alpha value is -3.56. The van der Waals surface area contributed by atoms with Gasteiger partial charge in [-0.15, -0.1) is 0 Å². The molecule has 42 heavy (non-hydrogen) atoms. The number of rotatable bonds is 9. The first-order valence-electron chi connectivity index (χ1n) is 13.8. The van der Waals surface area contributed by atoms with Crippen molar-refractivity contribution >= 4 is 34.6 Å². The number of hydrogen-bond acceptors (Lipinski definition) is 6. The minimum absolute atomic E-state index is 0.00945. The maximum absolute atomic E-state index is 13.6. The molecule has 2 aromatic heterocycles. The van der Waals surface area contributed by atoms with E-state index >= 15 is 0 Å². The number of methoxy groups -OCH3 is 1. The largest absolute Gasteiger partial charge is 0.495 e. The van der Waals surface area contributed by atoms with Gasteiger partial charge < -0.3 is 25.1 Å². The van der Waals surface area contributed by atoms with E-state index in [0.29, 0.717) is 35.1 Å². The molecule has 3 atom stereocenters. The summed E-state index contributed by atoms with van der Waals surface area (Å²) in [6.07, 6.45) is 5.53. The van der Waals surface area contributed by atoms with Crippen molar-refractivity contribution in [2.45, 2.75) is 54.3 Å². The van der Waals surface area contributed by atoms with E-state index in [2.05, 4.69) is 32.7 Å². The molecule has 224 valence electrons. The van der Waals surface area contributed by atoms with E-state index in [-0.39, 0.29) is 46.9 Å². The lowest BCUT2D eigenvalue weighted by Gasteiger charge is -2.40. The van der Waals surface area contributed by atoms with Gasteiger partial charge in [0.25, 0.3) is 5.91 Å². The Morgan fingerprint density at radius 2 is 1.95 bits per heavy atom. The van der Waals surface area contributed by atoms with Crippen molar-refractivity contribution in [1.82, 2.24) is 14.6 Å². The fourth-order valence-corrected chi connectivity index (χ4v) is 6.78. The number of carbonyl (C=O) groups is 1. The minimum Gasteiger partial charge on any atom is -0.495 e. The van der Waals surface area contributed by atoms with Crippen molar-refractivity contribution in [1.29, 1.82) is 0 Å². The Bertz CT molecular complexity index is 1500. The molecule has 0 radical (unpaired) electrons. The molecule has 3 aromatic rings. The highest BCUT2D eigenvalue weighted by molar-refractivity contribution is 8.00. The van der Waals surface area contributed by atoms with Crippen molar-refractivity contribution in [2.24, 2.45) is 0 Å². The van der Waals surface area contributed by atoms with Gasteiger partial charge in [0.2, 0.25) is 0 Å². The predicted octanol–water partition coefficient (Wildman–Crippen LogP) is 5.76. The molecule has 2 saturated heterocycles. The standard InChI is InChI=1S/C30H33F4N5O2S/c1-35-28(40)19-7-10-24(27(18-19)41-2)36-14-3-5-20-17-26-22(6-4-15-39(26)29(20)42-30(32,33)34)37-23-11-8-21-9-12-25(23)38(21)16-13-31/h4,6-7,10,15,17-18,21,23,25,36-37H,8-9,11-14,16H2,1-2H3,(H,35,40)/t21-,23-,25-/m1/s1. The summed E-state index contributed by atoms with van der Waals surface area (Å²) in [6.45, 7) is 0.155. The number of halogens is 4. The van der Waals surface area contributed by atoms with E-state index in [4.69, 9.17) is 4.74 Å². The first-order chi connectivity index (χ1) is 20.2. The number of amides is 1. The highest BCUT2D eigenvalue weighted by Gasteiger charge is 2.42. The van der Waals surface area contributed by atoms with Gasteiger partial charge >= 0.3 is 5.51 Å². The van der Waals surface area contributed by atoms with Crippen molar-refractivity contribution in [3.63, 3.8) is 0 Å². The number of carbonyl (C=O) groups excluding carboxylic acids is 1. The predicted molar refractivity (Wildman–Crippen MR) is 157 cm³/mol. The van der Waals surface area contributed by atoms with E-state index in [9.17, 15) is 22.4 Å². The molecule has 1 aromatic carbocycles. The van der Waals surface area contributed by atoms with E-state index in [1.807, 2.05) is 6.07 Å². The lowest BCUT2D eigenvalue weighted by Crippen LogP contribution is -2.51. The second-order valence-electron chi connectivity index (χ2n) is 10.3. The van der Waals surface area contributed by atoms with Crippen LogP contribution in [0.25, 0.3) is 5.52 Å². The highest BCUT2D eigenvalue weighted by Crippen LogP contribution is 2.42. The third-order valence-electron chi connectivity index (χ3n) is 7.91. The van der Waals surface area contributed by atoms with Gasteiger partial charge in [-0.25, -0.2) is 4.39 Å². The number of hydrogen-bond donors (Lipinski definition) is 3. The van der Waals surface area contributed by atoms with E-state index in [0.717, 1.165) is 31.4 Å². The molecule has 0 aliphatic carbocycles. The SMILES string of the molecule is CNC(=O)c1ccc(NCC#Cc2cc3c(N[C@@H]4CC[C@@H]5CC[C@H]4N5CCF)cccn3c2SC(F)(F)F)c(OC)c1. The number of piperidine rings is 1. The van der Waals surface area contributed by atoms with Crippen LogP contribution in [0.5, 0.6) is 5.75 Å². The van der Waals surface area contributed by atoms with Gasteiger partial charge in [0.1, 0.15) is 17.5 Å². The Labute approximate surface area is 246 Å². The fraction of sp³-hybridized carbons (Fsp3) is 0.433. The van der Waals surface area contributed by atoms with Crippen LogP contribution in [0.15, 0.2) is 47.6 Å². The topological polar surface area (TPSA) is 70.0 Å². The summed E-state index contributed by atoms with van der Waals surface area (Å²) < 4.78 is 61.0. The number of nitrogens with zero attached hydrogens (tertiary/aromatic N) is 2. The van der Waals surface area contributed by atoms with Crippen LogP contribution in [0.1, 0.15) is 41.6 Å². The van der Waals surface area contributed by atoms with Crippen molar-refractivity contribution < 1.29 is 27.1 Å². The van der Waals surface area contributed by atoms with Crippen molar-refractivity contribution in [3.8, 4) is 17.6 Å². The van der Waals surface area contributed by atoms with Gasteiger partial charge in [-0.1, -0.05) is 11.8 Å². The van der Waals surface area contributed by atoms with Crippen LogP contribution in [0.2, 0.25) is 0 Å². The lowest BCUT2D eigenvalue weighted by molar-refractivity contribution is -0.0329. The number of ether oxygens (including phenoxy) is 1. The summed E-state index contributed by atoms with van der Waals surface area (Å²) in [5.74, 6) is 6.03. The van der Waals surface area contributed by atoms with Crippen LogP contribution in [-0.4, -0.2) is 72.8 Å². The van der Waals surface area contributed by atoms with Crippen molar-refractivity contribution in [2.75, 3.05) is 44.6 Å². The van der Waals surface area contributed by atoms with Crippen LogP contribution >= 0.6 is 11.8 Å². The number of nitrogens with one attached hydrogen (secondary N) is 3. The lowest BCUT2D eigenvalue weighted by atomic mass is 9.97. The summed E-state index contributed by atoms with van der Waals surface area (Å²) in [5.41, 5.74) is -1.88.